The predicted molar refractivity (Wildman–Crippen MR) is 87.1 cm³/mol. The first-order chi connectivity index (χ1) is 11.5. The number of hydrazine groups is 1. The van der Waals surface area contributed by atoms with Gasteiger partial charge in [0.15, 0.2) is 5.69 Å². The van der Waals surface area contributed by atoms with Gasteiger partial charge in [0.2, 0.25) is 5.91 Å². The van der Waals surface area contributed by atoms with Crippen molar-refractivity contribution in [2.45, 2.75) is 6.42 Å². The number of carbonyl (C=O) groups is 2. The molecule has 0 radical (unpaired) electrons. The third-order valence-electron chi connectivity index (χ3n) is 3.53. The minimum absolute atomic E-state index is 0.0319. The maximum absolute atomic E-state index is 12.0. The van der Waals surface area contributed by atoms with Crippen molar-refractivity contribution in [1.82, 2.24) is 25.6 Å². The second kappa shape index (κ2) is 6.37. The number of aryl methyl sites for hydroxylation is 1. The average Bonchev–Trinajstić information content (AvgIpc) is 2.98. The quantitative estimate of drug-likeness (QED) is 0.600. The van der Waals surface area contributed by atoms with Crippen LogP contribution in [0.4, 0.5) is 0 Å². The highest BCUT2D eigenvalue weighted by Crippen LogP contribution is 2.17. The number of nitrogens with one attached hydrogen (secondary N) is 3. The van der Waals surface area contributed by atoms with E-state index in [0.29, 0.717) is 0 Å². The van der Waals surface area contributed by atoms with Gasteiger partial charge < -0.3 is 4.98 Å². The van der Waals surface area contributed by atoms with Gasteiger partial charge in [-0.2, -0.15) is 5.10 Å². The lowest BCUT2D eigenvalue weighted by atomic mass is 10.1. The number of fused-ring (bicyclic) bond motifs is 1. The van der Waals surface area contributed by atoms with Crippen LogP contribution in [0.1, 0.15) is 16.1 Å². The summed E-state index contributed by atoms with van der Waals surface area (Å²) >= 11 is 0. The zero-order valence-electron chi connectivity index (χ0n) is 12.9. The van der Waals surface area contributed by atoms with Crippen molar-refractivity contribution >= 4 is 22.7 Å². The van der Waals surface area contributed by atoms with Crippen molar-refractivity contribution in [1.29, 1.82) is 0 Å². The summed E-state index contributed by atoms with van der Waals surface area (Å²) in [4.78, 5) is 38.2. The Morgan fingerprint density at radius 3 is 2.75 bits per heavy atom. The van der Waals surface area contributed by atoms with Gasteiger partial charge >= 0.3 is 0 Å². The van der Waals surface area contributed by atoms with Gasteiger partial charge in [0, 0.05) is 30.2 Å². The van der Waals surface area contributed by atoms with Crippen molar-refractivity contribution in [2.75, 3.05) is 0 Å². The number of hydrogen-bond donors (Lipinski definition) is 3. The second-order valence-corrected chi connectivity index (χ2v) is 5.22. The zero-order valence-corrected chi connectivity index (χ0v) is 12.9. The summed E-state index contributed by atoms with van der Waals surface area (Å²) in [7, 11) is 1.44. The fourth-order valence-corrected chi connectivity index (χ4v) is 2.31. The normalized spacial score (nSPS) is 10.5. The Kier molecular flexibility index (Phi) is 4.11. The zero-order chi connectivity index (χ0) is 17.1. The van der Waals surface area contributed by atoms with Crippen LogP contribution in [0.15, 0.2) is 47.4 Å². The van der Waals surface area contributed by atoms with Crippen LogP contribution in [0.2, 0.25) is 0 Å². The topological polar surface area (TPSA) is 109 Å². The smallest absolute Gasteiger partial charge is 0.290 e. The molecule has 0 fully saturated rings. The Hall–Kier alpha value is -3.42. The maximum atomic E-state index is 12.0. The molecule has 0 bridgehead atoms. The van der Waals surface area contributed by atoms with E-state index >= 15 is 0 Å². The summed E-state index contributed by atoms with van der Waals surface area (Å²) in [5.74, 6) is -0.962. The molecule has 8 heteroatoms. The van der Waals surface area contributed by atoms with Gasteiger partial charge in [-0.25, -0.2) is 4.68 Å². The first-order valence-electron chi connectivity index (χ1n) is 7.23. The molecule has 3 rings (SSSR count). The maximum Gasteiger partial charge on any atom is 0.290 e. The van der Waals surface area contributed by atoms with Crippen LogP contribution in [0.3, 0.4) is 0 Å². The number of para-hydroxylation sites is 1. The Bertz CT molecular complexity index is 973. The van der Waals surface area contributed by atoms with E-state index in [1.54, 1.807) is 6.20 Å². The van der Waals surface area contributed by atoms with Crippen molar-refractivity contribution in [3.8, 4) is 0 Å². The molecule has 24 heavy (non-hydrogen) atoms. The molecule has 0 aliphatic heterocycles. The fraction of sp³-hybridized carbons (Fsp3) is 0.125. The number of benzene rings is 1. The molecular weight excluding hydrogens is 310 g/mol. The number of aromatic amines is 1. The lowest BCUT2D eigenvalue weighted by Gasteiger charge is -2.07. The highest BCUT2D eigenvalue weighted by molar-refractivity contribution is 5.94. The summed E-state index contributed by atoms with van der Waals surface area (Å²) in [5, 5.41) is 4.76. The minimum Gasteiger partial charge on any atom is -0.361 e. The minimum atomic E-state index is -0.599. The van der Waals surface area contributed by atoms with E-state index in [1.165, 1.54) is 19.2 Å². The van der Waals surface area contributed by atoms with Gasteiger partial charge in [0.25, 0.3) is 11.5 Å². The molecule has 3 aromatic rings. The van der Waals surface area contributed by atoms with Crippen molar-refractivity contribution in [3.05, 3.63) is 64.2 Å². The lowest BCUT2D eigenvalue weighted by Crippen LogP contribution is -2.43. The van der Waals surface area contributed by atoms with Crippen LogP contribution < -0.4 is 16.4 Å². The van der Waals surface area contributed by atoms with Crippen LogP contribution in [0, 0.1) is 0 Å². The van der Waals surface area contributed by atoms with Crippen molar-refractivity contribution in [2.24, 2.45) is 7.05 Å². The highest BCUT2D eigenvalue weighted by atomic mass is 16.2. The molecule has 0 unspecified atom stereocenters. The van der Waals surface area contributed by atoms with E-state index in [2.05, 4.69) is 20.9 Å². The van der Waals surface area contributed by atoms with E-state index in [4.69, 9.17) is 0 Å². The molecule has 0 aliphatic carbocycles. The molecular formula is C16H15N5O3. The number of aromatic nitrogens is 3. The molecule has 2 amide bonds. The van der Waals surface area contributed by atoms with Gasteiger partial charge in [-0.3, -0.25) is 25.2 Å². The molecule has 8 nitrogen and oxygen atoms in total. The van der Waals surface area contributed by atoms with Crippen LogP contribution in [-0.2, 0) is 18.3 Å². The molecule has 0 spiro atoms. The number of H-pyrrole nitrogens is 1. The third kappa shape index (κ3) is 3.17. The molecule has 122 valence electrons. The average molecular weight is 325 g/mol. The summed E-state index contributed by atoms with van der Waals surface area (Å²) in [6, 6.07) is 10.2. The summed E-state index contributed by atoms with van der Waals surface area (Å²) in [6.45, 7) is 0. The van der Waals surface area contributed by atoms with Crippen LogP contribution >= 0.6 is 0 Å². The number of rotatable bonds is 3. The first-order valence-corrected chi connectivity index (χ1v) is 7.23. The standard InChI is InChI=1S/C16H15N5O3/c1-21-15(23)7-6-13(20-21)16(24)19-18-14(22)8-10-9-17-12-5-3-2-4-11(10)12/h2-7,9,17H,8H2,1H3,(H,18,22)(H,19,24). The largest absolute Gasteiger partial charge is 0.361 e. The molecule has 2 heterocycles. The molecule has 3 N–H and O–H groups in total. The first kappa shape index (κ1) is 15.5. The Balaban J connectivity index is 1.62. The van der Waals surface area contributed by atoms with Crippen molar-refractivity contribution < 1.29 is 9.59 Å². The molecule has 2 aromatic heterocycles. The van der Waals surface area contributed by atoms with Crippen molar-refractivity contribution in [3.63, 3.8) is 0 Å². The number of amides is 2. The Labute approximate surface area is 136 Å². The van der Waals surface area contributed by atoms with Gasteiger partial charge in [-0.05, 0) is 17.7 Å². The summed E-state index contributed by atoms with van der Waals surface area (Å²) < 4.78 is 1.04. The molecule has 0 aliphatic rings. The van der Waals surface area contributed by atoms with E-state index in [9.17, 15) is 14.4 Å². The number of hydrogen-bond acceptors (Lipinski definition) is 4. The van der Waals surface area contributed by atoms with E-state index < -0.39 is 5.91 Å². The molecule has 0 saturated carbocycles. The lowest BCUT2D eigenvalue weighted by molar-refractivity contribution is -0.121. The highest BCUT2D eigenvalue weighted by Gasteiger charge is 2.12. The van der Waals surface area contributed by atoms with E-state index in [0.717, 1.165) is 21.1 Å². The number of nitrogens with zero attached hydrogens (tertiary/aromatic N) is 2. The predicted octanol–water partition coefficient (Wildman–Crippen LogP) is 0.265. The summed E-state index contributed by atoms with van der Waals surface area (Å²) in [6.07, 6.45) is 1.88. The SMILES string of the molecule is Cn1nc(C(=O)NNC(=O)Cc2c[nH]c3ccccc23)ccc1=O. The second-order valence-electron chi connectivity index (χ2n) is 5.22. The number of carbonyl (C=O) groups excluding carboxylic acids is 2. The Morgan fingerprint density at radius 2 is 1.96 bits per heavy atom. The molecule has 1 aromatic carbocycles. The van der Waals surface area contributed by atoms with E-state index in [1.807, 2.05) is 24.3 Å². The molecule has 0 atom stereocenters. The van der Waals surface area contributed by atoms with Gasteiger partial charge in [-0.15, -0.1) is 0 Å². The molecule has 0 saturated heterocycles. The van der Waals surface area contributed by atoms with Crippen LogP contribution in [-0.4, -0.2) is 26.6 Å². The third-order valence-corrected chi connectivity index (χ3v) is 3.53. The van der Waals surface area contributed by atoms with E-state index in [-0.39, 0.29) is 23.6 Å². The van der Waals surface area contributed by atoms with Crippen LogP contribution in [0.25, 0.3) is 10.9 Å². The van der Waals surface area contributed by atoms with Crippen LogP contribution in [0.5, 0.6) is 0 Å². The monoisotopic (exact) mass is 325 g/mol. The van der Waals surface area contributed by atoms with Gasteiger partial charge in [0.05, 0.1) is 6.42 Å². The van der Waals surface area contributed by atoms with Gasteiger partial charge in [-0.1, -0.05) is 18.2 Å². The summed E-state index contributed by atoms with van der Waals surface area (Å²) in [5.41, 5.74) is 6.10. The van der Waals surface area contributed by atoms with Gasteiger partial charge in [0.1, 0.15) is 0 Å². The fourth-order valence-electron chi connectivity index (χ4n) is 2.31. The Morgan fingerprint density at radius 1 is 1.17 bits per heavy atom.